The summed E-state index contributed by atoms with van der Waals surface area (Å²) in [6.45, 7) is 8.29. The maximum Gasteiger partial charge on any atom is 0.261 e. The Morgan fingerprint density at radius 1 is 1.03 bits per heavy atom. The molecule has 0 bridgehead atoms. The van der Waals surface area contributed by atoms with Gasteiger partial charge < -0.3 is 15.0 Å². The number of hydrogen-bond acceptors (Lipinski definition) is 3. The van der Waals surface area contributed by atoms with Crippen LogP contribution in [0.5, 0.6) is 5.75 Å². The van der Waals surface area contributed by atoms with Gasteiger partial charge in [-0.05, 0) is 68.9 Å². The molecule has 1 saturated carbocycles. The van der Waals surface area contributed by atoms with Crippen molar-refractivity contribution in [1.29, 1.82) is 0 Å². The summed E-state index contributed by atoms with van der Waals surface area (Å²) in [5.74, 6) is 0.431. The van der Waals surface area contributed by atoms with Gasteiger partial charge in [0.1, 0.15) is 11.8 Å². The van der Waals surface area contributed by atoms with Crippen LogP contribution in [0.3, 0.4) is 0 Å². The summed E-state index contributed by atoms with van der Waals surface area (Å²) in [4.78, 5) is 28.2. The Labute approximate surface area is 192 Å². The minimum absolute atomic E-state index is 0.0631. The molecule has 0 radical (unpaired) electrons. The van der Waals surface area contributed by atoms with Crippen molar-refractivity contribution < 1.29 is 14.3 Å². The Morgan fingerprint density at radius 3 is 2.34 bits per heavy atom. The standard InChI is InChI=1S/C27H36N2O3/c1-5-25(27(31)28-23-11-6-7-12-23)29(17-22-10-8-9-19(2)14-22)26(30)18-32-24-15-20(3)13-21(4)16-24/h8-10,13-16,23,25H,5-7,11-12,17-18H2,1-4H3,(H,28,31)/t25-/m1/s1. The van der Waals surface area contributed by atoms with Gasteiger partial charge in [0.05, 0.1) is 0 Å². The summed E-state index contributed by atoms with van der Waals surface area (Å²) >= 11 is 0. The monoisotopic (exact) mass is 436 g/mol. The van der Waals surface area contributed by atoms with Crippen LogP contribution in [-0.4, -0.2) is 35.4 Å². The number of aryl methyl sites for hydroxylation is 3. The molecule has 1 aliphatic carbocycles. The van der Waals surface area contributed by atoms with Gasteiger partial charge in [-0.25, -0.2) is 0 Å². The van der Waals surface area contributed by atoms with E-state index in [-0.39, 0.29) is 24.5 Å². The Hall–Kier alpha value is -2.82. The lowest BCUT2D eigenvalue weighted by atomic mass is 10.1. The van der Waals surface area contributed by atoms with Crippen molar-refractivity contribution in [2.45, 2.75) is 78.4 Å². The average Bonchev–Trinajstić information content (AvgIpc) is 3.24. The predicted octanol–water partition coefficient (Wildman–Crippen LogP) is 4.86. The van der Waals surface area contributed by atoms with E-state index in [4.69, 9.17) is 4.74 Å². The Balaban J connectivity index is 1.77. The number of nitrogens with zero attached hydrogens (tertiary/aromatic N) is 1. The van der Waals surface area contributed by atoms with Gasteiger partial charge in [-0.3, -0.25) is 9.59 Å². The highest BCUT2D eigenvalue weighted by Gasteiger charge is 2.30. The molecule has 1 atom stereocenters. The van der Waals surface area contributed by atoms with E-state index in [1.807, 2.05) is 58.0 Å². The summed E-state index contributed by atoms with van der Waals surface area (Å²) in [6, 6.07) is 13.7. The minimum Gasteiger partial charge on any atom is -0.484 e. The first-order valence-electron chi connectivity index (χ1n) is 11.7. The quantitative estimate of drug-likeness (QED) is 0.611. The molecule has 2 amide bonds. The van der Waals surface area contributed by atoms with E-state index < -0.39 is 6.04 Å². The largest absolute Gasteiger partial charge is 0.484 e. The third kappa shape index (κ3) is 6.59. The van der Waals surface area contributed by atoms with Crippen molar-refractivity contribution in [1.82, 2.24) is 10.2 Å². The van der Waals surface area contributed by atoms with Crippen LogP contribution in [0.1, 0.15) is 61.3 Å². The number of ether oxygens (including phenoxy) is 1. The second-order valence-electron chi connectivity index (χ2n) is 9.04. The molecule has 172 valence electrons. The highest BCUT2D eigenvalue weighted by atomic mass is 16.5. The van der Waals surface area contributed by atoms with E-state index in [0.29, 0.717) is 18.7 Å². The molecule has 1 aliphatic rings. The summed E-state index contributed by atoms with van der Waals surface area (Å²) in [7, 11) is 0. The molecule has 0 saturated heterocycles. The average molecular weight is 437 g/mol. The van der Waals surface area contributed by atoms with Crippen LogP contribution < -0.4 is 10.1 Å². The van der Waals surface area contributed by atoms with E-state index in [1.165, 1.54) is 0 Å². The van der Waals surface area contributed by atoms with E-state index in [1.54, 1.807) is 4.90 Å². The second kappa shape index (κ2) is 11.2. The Kier molecular flexibility index (Phi) is 8.32. The predicted molar refractivity (Wildman–Crippen MR) is 128 cm³/mol. The highest BCUT2D eigenvalue weighted by molar-refractivity contribution is 5.88. The summed E-state index contributed by atoms with van der Waals surface area (Å²) in [5, 5.41) is 3.18. The van der Waals surface area contributed by atoms with Gasteiger partial charge in [-0.1, -0.05) is 55.7 Å². The van der Waals surface area contributed by atoms with Crippen LogP contribution in [0.4, 0.5) is 0 Å². The topological polar surface area (TPSA) is 58.6 Å². The first kappa shape index (κ1) is 23.8. The highest BCUT2D eigenvalue weighted by Crippen LogP contribution is 2.20. The maximum absolute atomic E-state index is 13.3. The molecule has 2 aromatic rings. The SMILES string of the molecule is CC[C@H](C(=O)NC1CCCC1)N(Cc1cccc(C)c1)C(=O)COc1cc(C)cc(C)c1. The van der Waals surface area contributed by atoms with E-state index in [0.717, 1.165) is 47.9 Å². The van der Waals surface area contributed by atoms with Crippen LogP contribution in [0.2, 0.25) is 0 Å². The van der Waals surface area contributed by atoms with Crippen LogP contribution >= 0.6 is 0 Å². The zero-order chi connectivity index (χ0) is 23.1. The number of carbonyl (C=O) groups is 2. The van der Waals surface area contributed by atoms with E-state index in [2.05, 4.69) is 17.4 Å². The molecule has 5 heteroatoms. The summed E-state index contributed by atoms with van der Waals surface area (Å²) < 4.78 is 5.86. The van der Waals surface area contributed by atoms with Crippen LogP contribution in [-0.2, 0) is 16.1 Å². The van der Waals surface area contributed by atoms with Crippen molar-refractivity contribution in [3.05, 3.63) is 64.7 Å². The molecule has 0 heterocycles. The first-order valence-corrected chi connectivity index (χ1v) is 11.7. The fraction of sp³-hybridized carbons (Fsp3) is 0.481. The molecule has 5 nitrogen and oxygen atoms in total. The summed E-state index contributed by atoms with van der Waals surface area (Å²) in [6.07, 6.45) is 4.89. The Bertz CT molecular complexity index is 914. The van der Waals surface area contributed by atoms with E-state index >= 15 is 0 Å². The molecule has 1 N–H and O–H groups in total. The molecule has 0 spiro atoms. The van der Waals surface area contributed by atoms with Gasteiger partial charge in [0.2, 0.25) is 5.91 Å². The number of carbonyl (C=O) groups excluding carboxylic acids is 2. The smallest absolute Gasteiger partial charge is 0.261 e. The number of hydrogen-bond donors (Lipinski definition) is 1. The molecule has 3 rings (SSSR count). The molecule has 0 unspecified atom stereocenters. The summed E-state index contributed by atoms with van der Waals surface area (Å²) in [5.41, 5.74) is 4.32. The van der Waals surface area contributed by atoms with Crippen molar-refractivity contribution >= 4 is 11.8 Å². The third-order valence-electron chi connectivity index (χ3n) is 6.08. The fourth-order valence-corrected chi connectivity index (χ4v) is 4.54. The molecule has 0 aliphatic heterocycles. The number of rotatable bonds is 9. The van der Waals surface area contributed by atoms with Crippen molar-refractivity contribution in [3.63, 3.8) is 0 Å². The molecule has 1 fully saturated rings. The van der Waals surface area contributed by atoms with Crippen molar-refractivity contribution in [2.24, 2.45) is 0 Å². The zero-order valence-electron chi connectivity index (χ0n) is 19.8. The normalized spacial score (nSPS) is 14.8. The van der Waals surface area contributed by atoms with Crippen LogP contribution in [0.15, 0.2) is 42.5 Å². The first-order chi connectivity index (χ1) is 15.4. The second-order valence-corrected chi connectivity index (χ2v) is 9.04. The molecule has 2 aromatic carbocycles. The molecular weight excluding hydrogens is 400 g/mol. The lowest BCUT2D eigenvalue weighted by Crippen LogP contribution is -2.52. The number of benzene rings is 2. The molecule has 32 heavy (non-hydrogen) atoms. The van der Waals surface area contributed by atoms with Gasteiger partial charge in [0.25, 0.3) is 5.91 Å². The third-order valence-corrected chi connectivity index (χ3v) is 6.08. The zero-order valence-corrected chi connectivity index (χ0v) is 19.8. The maximum atomic E-state index is 13.3. The van der Waals surface area contributed by atoms with Gasteiger partial charge in [0, 0.05) is 12.6 Å². The van der Waals surface area contributed by atoms with Crippen molar-refractivity contribution in [3.8, 4) is 5.75 Å². The lowest BCUT2D eigenvalue weighted by molar-refractivity contribution is -0.143. The van der Waals surface area contributed by atoms with Gasteiger partial charge >= 0.3 is 0 Å². The van der Waals surface area contributed by atoms with Crippen LogP contribution in [0, 0.1) is 20.8 Å². The van der Waals surface area contributed by atoms with Crippen molar-refractivity contribution in [2.75, 3.05) is 6.61 Å². The molecular formula is C27H36N2O3. The minimum atomic E-state index is -0.522. The fourth-order valence-electron chi connectivity index (χ4n) is 4.54. The van der Waals surface area contributed by atoms with E-state index in [9.17, 15) is 9.59 Å². The van der Waals surface area contributed by atoms with Gasteiger partial charge in [0.15, 0.2) is 6.61 Å². The van der Waals surface area contributed by atoms with Crippen LogP contribution in [0.25, 0.3) is 0 Å². The lowest BCUT2D eigenvalue weighted by Gasteiger charge is -2.31. The Morgan fingerprint density at radius 2 is 1.72 bits per heavy atom. The van der Waals surface area contributed by atoms with Gasteiger partial charge in [-0.2, -0.15) is 0 Å². The number of amides is 2. The molecule has 0 aromatic heterocycles. The number of nitrogens with one attached hydrogen (secondary N) is 1. The van der Waals surface area contributed by atoms with Gasteiger partial charge in [-0.15, -0.1) is 0 Å².